The number of hydrogen-bond donors (Lipinski definition) is 0. The van der Waals surface area contributed by atoms with Crippen molar-refractivity contribution in [3.63, 3.8) is 0 Å². The smallest absolute Gasteiger partial charge is 0.262 e. The quantitative estimate of drug-likeness (QED) is 0.726. The lowest BCUT2D eigenvalue weighted by atomic mass is 9.97. The van der Waals surface area contributed by atoms with E-state index in [1.54, 1.807) is 29.2 Å². The second-order valence-corrected chi connectivity index (χ2v) is 7.07. The van der Waals surface area contributed by atoms with E-state index in [0.717, 1.165) is 16.0 Å². The molecule has 6 heteroatoms. The molecule has 3 heterocycles. The lowest BCUT2D eigenvalue weighted by molar-refractivity contribution is -0.143. The molecule has 0 saturated carbocycles. The first-order valence-electron chi connectivity index (χ1n) is 9.10. The number of carbonyl (C=O) groups excluding carboxylic acids is 3. The molecule has 27 heavy (non-hydrogen) atoms. The summed E-state index contributed by atoms with van der Waals surface area (Å²) in [6.07, 6.45) is 0.327. The van der Waals surface area contributed by atoms with Gasteiger partial charge in [0.25, 0.3) is 11.8 Å². The Hall–Kier alpha value is -2.99. The summed E-state index contributed by atoms with van der Waals surface area (Å²) in [4.78, 5) is 42.2. The minimum atomic E-state index is -0.832. The molecule has 136 valence electrons. The van der Waals surface area contributed by atoms with Gasteiger partial charge < -0.3 is 9.64 Å². The van der Waals surface area contributed by atoms with Gasteiger partial charge in [-0.1, -0.05) is 36.4 Å². The average molecular weight is 362 g/mol. The highest BCUT2D eigenvalue weighted by molar-refractivity contribution is 6.22. The molecule has 3 amide bonds. The van der Waals surface area contributed by atoms with Crippen molar-refractivity contribution in [2.24, 2.45) is 0 Å². The molecule has 0 unspecified atom stereocenters. The van der Waals surface area contributed by atoms with E-state index in [-0.39, 0.29) is 11.9 Å². The van der Waals surface area contributed by atoms with Crippen LogP contribution in [0.2, 0.25) is 0 Å². The molecule has 0 radical (unpaired) electrons. The van der Waals surface area contributed by atoms with Crippen molar-refractivity contribution in [1.82, 2.24) is 9.80 Å². The van der Waals surface area contributed by atoms with Crippen LogP contribution >= 0.6 is 0 Å². The SMILES string of the molecule is O=C1[C@@H](N2C(=O)c3ccccc3C2=O)Cc2ccccc2[C@H]2COCCN12. The molecule has 6 nitrogen and oxygen atoms in total. The summed E-state index contributed by atoms with van der Waals surface area (Å²) in [5.74, 6) is -0.967. The number of nitrogens with zero attached hydrogens (tertiary/aromatic N) is 2. The van der Waals surface area contributed by atoms with E-state index in [0.29, 0.717) is 37.3 Å². The van der Waals surface area contributed by atoms with E-state index in [1.807, 2.05) is 24.3 Å². The second kappa shape index (κ2) is 6.03. The number of rotatable bonds is 1. The van der Waals surface area contributed by atoms with Crippen LogP contribution < -0.4 is 0 Å². The van der Waals surface area contributed by atoms with Crippen LogP contribution in [0.3, 0.4) is 0 Å². The van der Waals surface area contributed by atoms with Gasteiger partial charge in [0.1, 0.15) is 6.04 Å². The topological polar surface area (TPSA) is 66.9 Å². The molecule has 0 aliphatic carbocycles. The Bertz CT molecular complexity index is 935. The maximum absolute atomic E-state index is 13.4. The number of morpholine rings is 1. The minimum absolute atomic E-state index is 0.178. The van der Waals surface area contributed by atoms with Gasteiger partial charge in [0.05, 0.1) is 30.4 Å². The Morgan fingerprint density at radius 2 is 1.52 bits per heavy atom. The van der Waals surface area contributed by atoms with Gasteiger partial charge in [0, 0.05) is 13.0 Å². The fourth-order valence-corrected chi connectivity index (χ4v) is 4.35. The van der Waals surface area contributed by atoms with Crippen LogP contribution in [0.1, 0.15) is 37.9 Å². The largest absolute Gasteiger partial charge is 0.377 e. The van der Waals surface area contributed by atoms with E-state index in [2.05, 4.69) is 0 Å². The molecule has 3 aliphatic heterocycles. The van der Waals surface area contributed by atoms with E-state index < -0.39 is 17.9 Å². The van der Waals surface area contributed by atoms with Gasteiger partial charge in [0.2, 0.25) is 5.91 Å². The monoisotopic (exact) mass is 362 g/mol. The molecule has 2 aromatic carbocycles. The molecule has 0 bridgehead atoms. The van der Waals surface area contributed by atoms with Crippen molar-refractivity contribution in [2.45, 2.75) is 18.5 Å². The standard InChI is InChI=1S/C21H18N2O4/c24-19-15-7-3-4-8-16(15)20(25)23(19)17-11-13-5-1-2-6-14(13)18-12-27-10-9-22(18)21(17)26/h1-8,17-18H,9-12H2/t17-,18+/m0/s1. The molecule has 0 spiro atoms. The molecule has 5 rings (SSSR count). The third-order valence-corrected chi connectivity index (χ3v) is 5.66. The molecule has 2 aromatic rings. The first kappa shape index (κ1) is 16.2. The van der Waals surface area contributed by atoms with Crippen LogP contribution in [0.15, 0.2) is 48.5 Å². The maximum Gasteiger partial charge on any atom is 0.262 e. The maximum atomic E-state index is 13.4. The fraction of sp³-hybridized carbons (Fsp3) is 0.286. The molecular weight excluding hydrogens is 344 g/mol. The summed E-state index contributed by atoms with van der Waals surface area (Å²) >= 11 is 0. The first-order chi connectivity index (χ1) is 13.2. The Morgan fingerprint density at radius 3 is 2.26 bits per heavy atom. The molecule has 1 saturated heterocycles. The van der Waals surface area contributed by atoms with E-state index >= 15 is 0 Å². The van der Waals surface area contributed by atoms with Gasteiger partial charge >= 0.3 is 0 Å². The Labute approximate surface area is 156 Å². The first-order valence-corrected chi connectivity index (χ1v) is 9.10. The van der Waals surface area contributed by atoms with Crippen molar-refractivity contribution in [3.8, 4) is 0 Å². The summed E-state index contributed by atoms with van der Waals surface area (Å²) in [6, 6.07) is 13.6. The van der Waals surface area contributed by atoms with E-state index in [1.165, 1.54) is 0 Å². The molecule has 0 N–H and O–H groups in total. The van der Waals surface area contributed by atoms with Gasteiger partial charge in [-0.2, -0.15) is 0 Å². The van der Waals surface area contributed by atoms with Crippen molar-refractivity contribution in [3.05, 3.63) is 70.8 Å². The Balaban J connectivity index is 1.60. The predicted octanol–water partition coefficient (Wildman–Crippen LogP) is 1.81. The van der Waals surface area contributed by atoms with Gasteiger partial charge in [-0.3, -0.25) is 19.3 Å². The molecule has 1 fully saturated rings. The van der Waals surface area contributed by atoms with Gasteiger partial charge in [-0.25, -0.2) is 0 Å². The highest BCUT2D eigenvalue weighted by Gasteiger charge is 2.47. The minimum Gasteiger partial charge on any atom is -0.377 e. The third kappa shape index (κ3) is 2.33. The van der Waals surface area contributed by atoms with Crippen LogP contribution in [-0.4, -0.2) is 53.3 Å². The third-order valence-electron chi connectivity index (χ3n) is 5.66. The van der Waals surface area contributed by atoms with Crippen LogP contribution in [0, 0.1) is 0 Å². The molecule has 2 atom stereocenters. The Kier molecular flexibility index (Phi) is 3.62. The fourth-order valence-electron chi connectivity index (χ4n) is 4.35. The predicted molar refractivity (Wildman–Crippen MR) is 96.1 cm³/mol. The highest BCUT2D eigenvalue weighted by Crippen LogP contribution is 2.35. The number of carbonyl (C=O) groups is 3. The molecular formula is C21H18N2O4. The number of hydrogen-bond acceptors (Lipinski definition) is 4. The summed E-state index contributed by atoms with van der Waals surface area (Å²) in [7, 11) is 0. The number of fused-ring (bicyclic) bond motifs is 4. The number of amides is 3. The molecule has 3 aliphatic rings. The van der Waals surface area contributed by atoms with Crippen LogP contribution in [0.5, 0.6) is 0 Å². The van der Waals surface area contributed by atoms with Gasteiger partial charge in [-0.15, -0.1) is 0 Å². The summed E-state index contributed by atoms with van der Waals surface area (Å²) in [5, 5.41) is 0. The van der Waals surface area contributed by atoms with E-state index in [4.69, 9.17) is 4.74 Å². The molecule has 0 aromatic heterocycles. The number of ether oxygens (including phenoxy) is 1. The average Bonchev–Trinajstić information content (AvgIpc) is 2.89. The number of benzene rings is 2. The van der Waals surface area contributed by atoms with Crippen molar-refractivity contribution in [2.75, 3.05) is 19.8 Å². The zero-order chi connectivity index (χ0) is 18.5. The number of imide groups is 1. The Morgan fingerprint density at radius 1 is 0.852 bits per heavy atom. The van der Waals surface area contributed by atoms with E-state index in [9.17, 15) is 14.4 Å². The van der Waals surface area contributed by atoms with Crippen molar-refractivity contribution in [1.29, 1.82) is 0 Å². The summed E-state index contributed by atoms with van der Waals surface area (Å²) in [6.45, 7) is 1.34. The summed E-state index contributed by atoms with van der Waals surface area (Å²) in [5.41, 5.74) is 2.74. The van der Waals surface area contributed by atoms with Crippen molar-refractivity contribution < 1.29 is 19.1 Å². The normalized spacial score (nSPS) is 24.4. The lowest BCUT2D eigenvalue weighted by Gasteiger charge is -2.37. The van der Waals surface area contributed by atoms with Crippen molar-refractivity contribution >= 4 is 17.7 Å². The second-order valence-electron chi connectivity index (χ2n) is 7.07. The highest BCUT2D eigenvalue weighted by atomic mass is 16.5. The van der Waals surface area contributed by atoms with Gasteiger partial charge in [-0.05, 0) is 23.3 Å². The zero-order valence-electron chi connectivity index (χ0n) is 14.6. The van der Waals surface area contributed by atoms with Crippen LogP contribution in [0.25, 0.3) is 0 Å². The van der Waals surface area contributed by atoms with Crippen LogP contribution in [-0.2, 0) is 16.0 Å². The van der Waals surface area contributed by atoms with Gasteiger partial charge in [0.15, 0.2) is 0 Å². The van der Waals surface area contributed by atoms with Crippen LogP contribution in [0.4, 0.5) is 0 Å². The summed E-state index contributed by atoms with van der Waals surface area (Å²) < 4.78 is 5.61. The zero-order valence-corrected chi connectivity index (χ0v) is 14.6. The lowest BCUT2D eigenvalue weighted by Crippen LogP contribution is -2.53.